The van der Waals surface area contributed by atoms with E-state index in [0.717, 1.165) is 22.9 Å². The highest BCUT2D eigenvalue weighted by atomic mass is 16.7. The van der Waals surface area contributed by atoms with Gasteiger partial charge < -0.3 is 20.5 Å². The maximum absolute atomic E-state index is 5.62. The third-order valence-corrected chi connectivity index (χ3v) is 2.71. The van der Waals surface area contributed by atoms with E-state index in [2.05, 4.69) is 10.3 Å². The van der Waals surface area contributed by atoms with Crippen LogP contribution < -0.4 is 20.5 Å². The molecule has 0 saturated carbocycles. The number of benzene rings is 1. The molecule has 92 valence electrons. The molecule has 0 atom stereocenters. The molecule has 1 aliphatic heterocycles. The maximum atomic E-state index is 5.62. The van der Waals surface area contributed by atoms with Crippen molar-refractivity contribution in [2.45, 2.75) is 6.54 Å². The summed E-state index contributed by atoms with van der Waals surface area (Å²) in [6, 6.07) is 11.3. The molecule has 2 aromatic rings. The van der Waals surface area contributed by atoms with Crippen molar-refractivity contribution in [2.75, 3.05) is 17.8 Å². The molecule has 2 heterocycles. The summed E-state index contributed by atoms with van der Waals surface area (Å²) in [5.74, 6) is 2.83. The van der Waals surface area contributed by atoms with E-state index in [1.54, 1.807) is 6.07 Å². The monoisotopic (exact) mass is 243 g/mol. The molecule has 0 bridgehead atoms. The fourth-order valence-corrected chi connectivity index (χ4v) is 1.87. The van der Waals surface area contributed by atoms with Crippen LogP contribution in [-0.2, 0) is 6.54 Å². The molecule has 5 heteroatoms. The maximum Gasteiger partial charge on any atom is 0.231 e. The van der Waals surface area contributed by atoms with Crippen LogP contribution in [0, 0.1) is 0 Å². The van der Waals surface area contributed by atoms with Crippen molar-refractivity contribution in [1.29, 1.82) is 0 Å². The van der Waals surface area contributed by atoms with Gasteiger partial charge in [0.2, 0.25) is 6.79 Å². The molecule has 0 saturated heterocycles. The van der Waals surface area contributed by atoms with Crippen molar-refractivity contribution in [2.24, 2.45) is 0 Å². The van der Waals surface area contributed by atoms with E-state index in [0.29, 0.717) is 12.4 Å². The Balaban J connectivity index is 1.76. The number of fused-ring (bicyclic) bond motifs is 1. The fraction of sp³-hybridized carbons (Fsp3) is 0.154. The number of aromatic nitrogens is 1. The molecule has 0 fully saturated rings. The van der Waals surface area contributed by atoms with Crippen LogP contribution in [0.2, 0.25) is 0 Å². The van der Waals surface area contributed by atoms with Crippen LogP contribution in [0.1, 0.15) is 5.56 Å². The average molecular weight is 243 g/mol. The lowest BCUT2D eigenvalue weighted by atomic mass is 10.2. The third-order valence-electron chi connectivity index (χ3n) is 2.71. The Morgan fingerprint density at radius 3 is 2.94 bits per heavy atom. The van der Waals surface area contributed by atoms with Gasteiger partial charge in [0, 0.05) is 12.1 Å². The number of nitrogens with one attached hydrogen (secondary N) is 1. The molecule has 0 aliphatic carbocycles. The second-order valence-corrected chi connectivity index (χ2v) is 3.95. The van der Waals surface area contributed by atoms with Gasteiger partial charge in [-0.15, -0.1) is 0 Å². The highest BCUT2D eigenvalue weighted by Crippen LogP contribution is 2.35. The quantitative estimate of drug-likeness (QED) is 0.863. The molecule has 1 aromatic heterocycles. The molecule has 0 amide bonds. The summed E-state index contributed by atoms with van der Waals surface area (Å²) < 4.78 is 10.8. The van der Waals surface area contributed by atoms with Crippen LogP contribution in [0.3, 0.4) is 0 Å². The number of nitrogens with two attached hydrogens (primary N) is 1. The van der Waals surface area contributed by atoms with Crippen LogP contribution in [-0.4, -0.2) is 11.8 Å². The van der Waals surface area contributed by atoms with Crippen molar-refractivity contribution in [3.8, 4) is 11.5 Å². The first kappa shape index (κ1) is 10.7. The molecule has 18 heavy (non-hydrogen) atoms. The summed E-state index contributed by atoms with van der Waals surface area (Å²) in [5.41, 5.74) is 6.66. The van der Waals surface area contributed by atoms with Crippen molar-refractivity contribution < 1.29 is 9.47 Å². The predicted molar refractivity (Wildman–Crippen MR) is 68.5 cm³/mol. The topological polar surface area (TPSA) is 69.4 Å². The van der Waals surface area contributed by atoms with Gasteiger partial charge in [-0.3, -0.25) is 0 Å². The van der Waals surface area contributed by atoms with Gasteiger partial charge in [-0.2, -0.15) is 0 Å². The van der Waals surface area contributed by atoms with Gasteiger partial charge in [0.25, 0.3) is 0 Å². The van der Waals surface area contributed by atoms with Gasteiger partial charge in [-0.25, -0.2) is 4.98 Å². The minimum atomic E-state index is 0.281. The van der Waals surface area contributed by atoms with Gasteiger partial charge in [-0.1, -0.05) is 18.2 Å². The van der Waals surface area contributed by atoms with Crippen molar-refractivity contribution >= 4 is 11.6 Å². The zero-order valence-corrected chi connectivity index (χ0v) is 9.72. The Morgan fingerprint density at radius 2 is 2.06 bits per heavy atom. The standard InChI is InChI=1S/C13H13N3O2/c14-11-5-2-6-12(16-11)15-7-9-3-1-4-10-13(9)18-8-17-10/h1-6H,7-8H2,(H3,14,15,16). The first-order valence-electron chi connectivity index (χ1n) is 5.67. The lowest BCUT2D eigenvalue weighted by Gasteiger charge is -2.08. The Kier molecular flexibility index (Phi) is 2.64. The van der Waals surface area contributed by atoms with E-state index in [1.807, 2.05) is 30.3 Å². The number of pyridine rings is 1. The second kappa shape index (κ2) is 4.44. The minimum absolute atomic E-state index is 0.281. The lowest BCUT2D eigenvalue weighted by molar-refractivity contribution is 0.173. The van der Waals surface area contributed by atoms with E-state index < -0.39 is 0 Å². The van der Waals surface area contributed by atoms with Crippen LogP contribution in [0.15, 0.2) is 36.4 Å². The summed E-state index contributed by atoms with van der Waals surface area (Å²) in [7, 11) is 0. The molecule has 0 radical (unpaired) electrons. The summed E-state index contributed by atoms with van der Waals surface area (Å²) in [4.78, 5) is 4.18. The van der Waals surface area contributed by atoms with Crippen molar-refractivity contribution in [3.05, 3.63) is 42.0 Å². The zero-order valence-electron chi connectivity index (χ0n) is 9.72. The van der Waals surface area contributed by atoms with E-state index in [-0.39, 0.29) is 6.79 Å². The first-order valence-corrected chi connectivity index (χ1v) is 5.67. The SMILES string of the molecule is Nc1cccc(NCc2cccc3c2OCO3)n1. The summed E-state index contributed by atoms with van der Waals surface area (Å²) in [5, 5.41) is 3.20. The van der Waals surface area contributed by atoms with Gasteiger partial charge in [0.05, 0.1) is 0 Å². The van der Waals surface area contributed by atoms with E-state index in [4.69, 9.17) is 15.2 Å². The Labute approximate surface area is 105 Å². The minimum Gasteiger partial charge on any atom is -0.454 e. The molecule has 3 N–H and O–H groups in total. The van der Waals surface area contributed by atoms with Gasteiger partial charge in [0.15, 0.2) is 11.5 Å². The predicted octanol–water partition coefficient (Wildman–Crippen LogP) is 2.00. The normalized spacial score (nSPS) is 12.4. The van der Waals surface area contributed by atoms with E-state index in [1.165, 1.54) is 0 Å². The number of ether oxygens (including phenoxy) is 2. The fourth-order valence-electron chi connectivity index (χ4n) is 1.87. The number of anilines is 2. The van der Waals surface area contributed by atoms with Crippen LogP contribution in [0.4, 0.5) is 11.6 Å². The van der Waals surface area contributed by atoms with Crippen LogP contribution >= 0.6 is 0 Å². The highest BCUT2D eigenvalue weighted by Gasteiger charge is 2.16. The number of nitrogens with zero attached hydrogens (tertiary/aromatic N) is 1. The average Bonchev–Trinajstić information content (AvgIpc) is 2.85. The highest BCUT2D eigenvalue weighted by molar-refractivity contribution is 5.50. The molecule has 0 unspecified atom stereocenters. The van der Waals surface area contributed by atoms with Gasteiger partial charge in [0.1, 0.15) is 11.6 Å². The van der Waals surface area contributed by atoms with Crippen LogP contribution in [0.5, 0.6) is 11.5 Å². The Hall–Kier alpha value is -2.43. The van der Waals surface area contributed by atoms with E-state index >= 15 is 0 Å². The number of para-hydroxylation sites is 1. The van der Waals surface area contributed by atoms with Gasteiger partial charge >= 0.3 is 0 Å². The van der Waals surface area contributed by atoms with Gasteiger partial charge in [-0.05, 0) is 18.2 Å². The first-order chi connectivity index (χ1) is 8.83. The third kappa shape index (κ3) is 2.02. The van der Waals surface area contributed by atoms with Crippen molar-refractivity contribution in [1.82, 2.24) is 4.98 Å². The molecule has 3 rings (SSSR count). The molecule has 1 aliphatic rings. The van der Waals surface area contributed by atoms with Crippen molar-refractivity contribution in [3.63, 3.8) is 0 Å². The lowest BCUT2D eigenvalue weighted by Crippen LogP contribution is -2.03. The largest absolute Gasteiger partial charge is 0.454 e. The summed E-state index contributed by atoms with van der Waals surface area (Å²) >= 11 is 0. The Morgan fingerprint density at radius 1 is 1.17 bits per heavy atom. The summed E-state index contributed by atoms with van der Waals surface area (Å²) in [6.45, 7) is 0.895. The molecule has 0 spiro atoms. The zero-order chi connectivity index (χ0) is 12.4. The second-order valence-electron chi connectivity index (χ2n) is 3.95. The smallest absolute Gasteiger partial charge is 0.231 e. The molecule has 5 nitrogen and oxygen atoms in total. The number of nitrogen functional groups attached to an aromatic ring is 1. The molecule has 1 aromatic carbocycles. The molecular weight excluding hydrogens is 230 g/mol. The number of rotatable bonds is 3. The van der Waals surface area contributed by atoms with Crippen LogP contribution in [0.25, 0.3) is 0 Å². The summed E-state index contributed by atoms with van der Waals surface area (Å²) in [6.07, 6.45) is 0. The van der Waals surface area contributed by atoms with E-state index in [9.17, 15) is 0 Å². The Bertz CT molecular complexity index is 572. The number of hydrogen-bond acceptors (Lipinski definition) is 5. The number of hydrogen-bond donors (Lipinski definition) is 2. The molecular formula is C13H13N3O2.